The molecule has 2 rings (SSSR count). The number of unbranched alkanes of at least 4 members (excludes halogenated alkanes) is 1. The molecule has 1 amide bonds. The van der Waals surface area contributed by atoms with Gasteiger partial charge in [0.1, 0.15) is 0 Å². The SMILES string of the molecule is NCCCCNCCCN1C(=O)CC1c1ccccc1. The van der Waals surface area contributed by atoms with E-state index in [1.165, 1.54) is 5.56 Å². The quantitative estimate of drug-likeness (QED) is 0.532. The van der Waals surface area contributed by atoms with E-state index in [0.29, 0.717) is 12.5 Å². The van der Waals surface area contributed by atoms with Gasteiger partial charge in [0.15, 0.2) is 0 Å². The highest BCUT2D eigenvalue weighted by Crippen LogP contribution is 2.33. The van der Waals surface area contributed by atoms with Crippen molar-refractivity contribution in [1.82, 2.24) is 10.2 Å². The van der Waals surface area contributed by atoms with Gasteiger partial charge < -0.3 is 16.0 Å². The van der Waals surface area contributed by atoms with Crippen LogP contribution in [0.4, 0.5) is 0 Å². The van der Waals surface area contributed by atoms with Crippen LogP contribution < -0.4 is 11.1 Å². The number of nitrogens with one attached hydrogen (secondary N) is 1. The topological polar surface area (TPSA) is 58.4 Å². The Bertz CT molecular complexity index is 407. The minimum atomic E-state index is 0.280. The average molecular weight is 275 g/mol. The average Bonchev–Trinajstić information content (AvgIpc) is 2.48. The fourth-order valence-electron chi connectivity index (χ4n) is 2.60. The highest BCUT2D eigenvalue weighted by molar-refractivity contribution is 5.83. The summed E-state index contributed by atoms with van der Waals surface area (Å²) >= 11 is 0. The molecule has 3 N–H and O–H groups in total. The number of benzene rings is 1. The van der Waals surface area contributed by atoms with Gasteiger partial charge in [0.2, 0.25) is 5.91 Å². The van der Waals surface area contributed by atoms with Crippen LogP contribution in [0.25, 0.3) is 0 Å². The van der Waals surface area contributed by atoms with Gasteiger partial charge in [-0.05, 0) is 44.5 Å². The number of β-lactam (4-membered cyclic amide) rings is 1. The fourth-order valence-corrected chi connectivity index (χ4v) is 2.60. The Balaban J connectivity index is 1.66. The van der Waals surface area contributed by atoms with Gasteiger partial charge in [0.05, 0.1) is 12.5 Å². The van der Waals surface area contributed by atoms with Crippen LogP contribution in [-0.4, -0.2) is 37.0 Å². The van der Waals surface area contributed by atoms with Crippen molar-refractivity contribution in [3.05, 3.63) is 35.9 Å². The second-order valence-corrected chi connectivity index (χ2v) is 5.32. The van der Waals surface area contributed by atoms with Crippen LogP contribution in [0.3, 0.4) is 0 Å². The molecule has 1 fully saturated rings. The van der Waals surface area contributed by atoms with Gasteiger partial charge in [-0.25, -0.2) is 0 Å². The van der Waals surface area contributed by atoms with Gasteiger partial charge >= 0.3 is 0 Å². The number of rotatable bonds is 9. The van der Waals surface area contributed by atoms with E-state index in [2.05, 4.69) is 17.4 Å². The third-order valence-electron chi connectivity index (χ3n) is 3.81. The van der Waals surface area contributed by atoms with E-state index in [1.54, 1.807) is 0 Å². The van der Waals surface area contributed by atoms with Crippen molar-refractivity contribution in [2.24, 2.45) is 5.73 Å². The molecule has 1 unspecified atom stereocenters. The van der Waals surface area contributed by atoms with Crippen LogP contribution in [0.1, 0.15) is 37.3 Å². The Morgan fingerprint density at radius 1 is 1.15 bits per heavy atom. The summed E-state index contributed by atoms with van der Waals surface area (Å²) in [4.78, 5) is 13.7. The molecular weight excluding hydrogens is 250 g/mol. The second-order valence-electron chi connectivity index (χ2n) is 5.32. The normalized spacial score (nSPS) is 18.1. The number of hydrogen-bond acceptors (Lipinski definition) is 3. The number of amides is 1. The number of nitrogens with zero attached hydrogens (tertiary/aromatic N) is 1. The minimum absolute atomic E-state index is 0.280. The van der Waals surface area contributed by atoms with Crippen LogP contribution in [0, 0.1) is 0 Å². The standard InChI is InChI=1S/C16H25N3O/c17-9-4-5-10-18-11-6-12-19-15(13-16(19)20)14-7-2-1-3-8-14/h1-3,7-8,15,18H,4-6,9-13,17H2. The lowest BCUT2D eigenvalue weighted by Gasteiger charge is -2.41. The van der Waals surface area contributed by atoms with Crippen molar-refractivity contribution in [3.8, 4) is 0 Å². The van der Waals surface area contributed by atoms with Gasteiger partial charge in [-0.3, -0.25) is 4.79 Å². The molecule has 0 aliphatic carbocycles. The first-order chi connectivity index (χ1) is 9.83. The molecule has 110 valence electrons. The predicted molar refractivity (Wildman–Crippen MR) is 81.3 cm³/mol. The molecule has 4 nitrogen and oxygen atoms in total. The van der Waals surface area contributed by atoms with Crippen molar-refractivity contribution in [2.45, 2.75) is 31.7 Å². The molecule has 1 aliphatic rings. The maximum absolute atomic E-state index is 11.7. The van der Waals surface area contributed by atoms with E-state index >= 15 is 0 Å². The van der Waals surface area contributed by atoms with Crippen LogP contribution in [-0.2, 0) is 4.79 Å². The Labute approximate surface area is 121 Å². The van der Waals surface area contributed by atoms with Gasteiger partial charge in [-0.2, -0.15) is 0 Å². The van der Waals surface area contributed by atoms with Gasteiger partial charge in [0, 0.05) is 6.54 Å². The summed E-state index contributed by atoms with van der Waals surface area (Å²) in [7, 11) is 0. The molecule has 1 aromatic rings. The summed E-state index contributed by atoms with van der Waals surface area (Å²) < 4.78 is 0. The molecule has 0 aromatic heterocycles. The zero-order chi connectivity index (χ0) is 14.2. The lowest BCUT2D eigenvalue weighted by Crippen LogP contribution is -2.47. The molecule has 20 heavy (non-hydrogen) atoms. The van der Waals surface area contributed by atoms with E-state index in [-0.39, 0.29) is 5.91 Å². The molecule has 1 aliphatic heterocycles. The molecule has 1 aromatic carbocycles. The Hall–Kier alpha value is -1.39. The second kappa shape index (κ2) is 8.02. The van der Waals surface area contributed by atoms with Gasteiger partial charge in [-0.1, -0.05) is 30.3 Å². The molecule has 0 spiro atoms. The molecule has 4 heteroatoms. The minimum Gasteiger partial charge on any atom is -0.335 e. The lowest BCUT2D eigenvalue weighted by atomic mass is 9.94. The van der Waals surface area contributed by atoms with Crippen LogP contribution >= 0.6 is 0 Å². The molecule has 1 atom stereocenters. The lowest BCUT2D eigenvalue weighted by molar-refractivity contribution is -0.146. The smallest absolute Gasteiger partial charge is 0.225 e. The van der Waals surface area contributed by atoms with E-state index in [4.69, 9.17) is 5.73 Å². The first-order valence-corrected chi connectivity index (χ1v) is 7.58. The zero-order valence-electron chi connectivity index (χ0n) is 12.1. The first-order valence-electron chi connectivity index (χ1n) is 7.58. The van der Waals surface area contributed by atoms with Gasteiger partial charge in [-0.15, -0.1) is 0 Å². The van der Waals surface area contributed by atoms with Crippen molar-refractivity contribution in [3.63, 3.8) is 0 Å². The van der Waals surface area contributed by atoms with Crippen LogP contribution in [0.5, 0.6) is 0 Å². The van der Waals surface area contributed by atoms with Crippen LogP contribution in [0.15, 0.2) is 30.3 Å². The largest absolute Gasteiger partial charge is 0.335 e. The summed E-state index contributed by atoms with van der Waals surface area (Å²) in [6, 6.07) is 10.6. The maximum atomic E-state index is 11.7. The summed E-state index contributed by atoms with van der Waals surface area (Å²) in [5, 5.41) is 3.40. The van der Waals surface area contributed by atoms with Crippen LogP contribution in [0.2, 0.25) is 0 Å². The Morgan fingerprint density at radius 3 is 2.60 bits per heavy atom. The highest BCUT2D eigenvalue weighted by Gasteiger charge is 2.36. The van der Waals surface area contributed by atoms with Crippen molar-refractivity contribution in [2.75, 3.05) is 26.2 Å². The van der Waals surface area contributed by atoms with E-state index in [9.17, 15) is 4.79 Å². The van der Waals surface area contributed by atoms with Crippen molar-refractivity contribution in [1.29, 1.82) is 0 Å². The Kier molecular flexibility index (Phi) is 6.02. The summed E-state index contributed by atoms with van der Waals surface area (Å²) in [6.45, 7) is 3.61. The fraction of sp³-hybridized carbons (Fsp3) is 0.562. The third kappa shape index (κ3) is 4.05. The third-order valence-corrected chi connectivity index (χ3v) is 3.81. The molecule has 1 saturated heterocycles. The van der Waals surface area contributed by atoms with E-state index in [1.807, 2.05) is 23.1 Å². The number of carbonyl (C=O) groups excluding carboxylic acids is 1. The first kappa shape index (κ1) is 15.0. The van der Waals surface area contributed by atoms with E-state index < -0.39 is 0 Å². The molecule has 0 radical (unpaired) electrons. The zero-order valence-corrected chi connectivity index (χ0v) is 12.1. The molecule has 0 saturated carbocycles. The summed E-state index contributed by atoms with van der Waals surface area (Å²) in [6.07, 6.45) is 3.88. The maximum Gasteiger partial charge on any atom is 0.225 e. The highest BCUT2D eigenvalue weighted by atomic mass is 16.2. The van der Waals surface area contributed by atoms with E-state index in [0.717, 1.165) is 45.4 Å². The Morgan fingerprint density at radius 2 is 1.90 bits per heavy atom. The monoisotopic (exact) mass is 275 g/mol. The van der Waals surface area contributed by atoms with Gasteiger partial charge in [0.25, 0.3) is 0 Å². The van der Waals surface area contributed by atoms with Crippen molar-refractivity contribution < 1.29 is 4.79 Å². The number of nitrogens with two attached hydrogens (primary N) is 1. The summed E-state index contributed by atoms with van der Waals surface area (Å²) in [5.41, 5.74) is 6.70. The van der Waals surface area contributed by atoms with Crippen molar-refractivity contribution >= 4 is 5.91 Å². The number of carbonyl (C=O) groups is 1. The molecule has 0 bridgehead atoms. The molecule has 1 heterocycles. The summed E-state index contributed by atoms with van der Waals surface area (Å²) in [5.74, 6) is 0.280. The number of likely N-dealkylation sites (tertiary alicyclic amines) is 1. The predicted octanol–water partition coefficient (Wildman–Crippen LogP) is 1.68. The number of hydrogen-bond donors (Lipinski definition) is 2. The molecular formula is C16H25N3O.